The van der Waals surface area contributed by atoms with Gasteiger partial charge in [0.25, 0.3) is 0 Å². The minimum absolute atomic E-state index is 0.217. The third kappa shape index (κ3) is 3.77. The van der Waals surface area contributed by atoms with E-state index in [2.05, 4.69) is 5.32 Å². The maximum Gasteiger partial charge on any atom is 0.409 e. The predicted molar refractivity (Wildman–Crippen MR) is 73.3 cm³/mol. The number of nitrogens with one attached hydrogen (secondary N) is 1. The Bertz CT molecular complexity index is 411. The van der Waals surface area contributed by atoms with Crippen molar-refractivity contribution < 1.29 is 14.6 Å². The topological polar surface area (TPSA) is 61.8 Å². The van der Waals surface area contributed by atoms with Crippen LogP contribution >= 0.6 is 0 Å². The highest BCUT2D eigenvalue weighted by Gasteiger charge is 2.23. The fourth-order valence-electron chi connectivity index (χ4n) is 2.21. The number of hydrogen-bond donors (Lipinski definition) is 2. The number of amides is 1. The van der Waals surface area contributed by atoms with Gasteiger partial charge in [0.15, 0.2) is 0 Å². The Morgan fingerprint density at radius 1 is 1.37 bits per heavy atom. The largest absolute Gasteiger partial charge is 0.508 e. The van der Waals surface area contributed by atoms with Gasteiger partial charge in [0, 0.05) is 24.8 Å². The minimum atomic E-state index is -0.217. The van der Waals surface area contributed by atoms with E-state index >= 15 is 0 Å². The molecule has 104 valence electrons. The lowest BCUT2D eigenvalue weighted by Gasteiger charge is -2.32. The fourth-order valence-corrected chi connectivity index (χ4v) is 2.21. The number of phenolic OH excluding ortho intramolecular Hbond substituents is 1. The number of rotatable bonds is 3. The second-order valence-corrected chi connectivity index (χ2v) is 4.65. The molecule has 1 aliphatic rings. The van der Waals surface area contributed by atoms with E-state index in [9.17, 15) is 9.90 Å². The van der Waals surface area contributed by atoms with E-state index in [1.54, 1.807) is 17.0 Å². The van der Waals surface area contributed by atoms with Crippen LogP contribution in [-0.4, -0.2) is 41.8 Å². The first-order valence-corrected chi connectivity index (χ1v) is 6.66. The van der Waals surface area contributed by atoms with Crippen molar-refractivity contribution in [2.45, 2.75) is 25.8 Å². The average Bonchev–Trinajstić information content (AvgIpc) is 2.42. The molecule has 0 radical (unpaired) electrons. The van der Waals surface area contributed by atoms with Gasteiger partial charge in [0.1, 0.15) is 5.75 Å². The smallest absolute Gasteiger partial charge is 0.409 e. The molecule has 0 saturated carbocycles. The van der Waals surface area contributed by atoms with Gasteiger partial charge >= 0.3 is 6.09 Å². The lowest BCUT2D eigenvalue weighted by Crippen LogP contribution is -2.42. The van der Waals surface area contributed by atoms with E-state index in [0.29, 0.717) is 25.7 Å². The zero-order valence-corrected chi connectivity index (χ0v) is 11.1. The van der Waals surface area contributed by atoms with Gasteiger partial charge in [-0.25, -0.2) is 4.79 Å². The van der Waals surface area contributed by atoms with Gasteiger partial charge in [-0.1, -0.05) is 0 Å². The highest BCUT2D eigenvalue weighted by Crippen LogP contribution is 2.19. The monoisotopic (exact) mass is 264 g/mol. The molecule has 5 heteroatoms. The first-order valence-electron chi connectivity index (χ1n) is 6.66. The van der Waals surface area contributed by atoms with Gasteiger partial charge in [0.05, 0.1) is 6.61 Å². The highest BCUT2D eigenvalue weighted by atomic mass is 16.6. The summed E-state index contributed by atoms with van der Waals surface area (Å²) in [4.78, 5) is 13.3. The summed E-state index contributed by atoms with van der Waals surface area (Å²) >= 11 is 0. The molecule has 0 spiro atoms. The molecule has 1 aromatic rings. The Morgan fingerprint density at radius 3 is 2.58 bits per heavy atom. The van der Waals surface area contributed by atoms with Crippen molar-refractivity contribution in [3.05, 3.63) is 24.3 Å². The van der Waals surface area contributed by atoms with Crippen LogP contribution in [0.3, 0.4) is 0 Å². The summed E-state index contributed by atoms with van der Waals surface area (Å²) in [5.41, 5.74) is 0.993. The molecule has 1 aromatic carbocycles. The van der Waals surface area contributed by atoms with Crippen LogP contribution in [0.2, 0.25) is 0 Å². The van der Waals surface area contributed by atoms with Crippen molar-refractivity contribution in [3.63, 3.8) is 0 Å². The van der Waals surface area contributed by atoms with Crippen molar-refractivity contribution in [2.24, 2.45) is 0 Å². The number of hydrogen-bond acceptors (Lipinski definition) is 4. The number of carbonyl (C=O) groups excluding carboxylic acids is 1. The molecule has 0 unspecified atom stereocenters. The zero-order valence-electron chi connectivity index (χ0n) is 11.1. The van der Waals surface area contributed by atoms with E-state index in [0.717, 1.165) is 18.5 Å². The number of carbonyl (C=O) groups is 1. The molecule has 2 rings (SSSR count). The molecule has 0 atom stereocenters. The number of benzene rings is 1. The number of ether oxygens (including phenoxy) is 1. The number of nitrogens with zero attached hydrogens (tertiary/aromatic N) is 1. The molecule has 1 saturated heterocycles. The average molecular weight is 264 g/mol. The molecule has 5 nitrogen and oxygen atoms in total. The van der Waals surface area contributed by atoms with Gasteiger partial charge in [-0.2, -0.15) is 0 Å². The van der Waals surface area contributed by atoms with Gasteiger partial charge in [-0.3, -0.25) is 0 Å². The Hall–Kier alpha value is -1.91. The summed E-state index contributed by atoms with van der Waals surface area (Å²) in [5.74, 6) is 0.266. The van der Waals surface area contributed by atoms with Crippen molar-refractivity contribution in [2.75, 3.05) is 25.0 Å². The van der Waals surface area contributed by atoms with Crippen molar-refractivity contribution >= 4 is 11.8 Å². The summed E-state index contributed by atoms with van der Waals surface area (Å²) < 4.78 is 4.99. The quantitative estimate of drug-likeness (QED) is 0.823. The Labute approximate surface area is 113 Å². The van der Waals surface area contributed by atoms with Gasteiger partial charge in [0.2, 0.25) is 0 Å². The zero-order chi connectivity index (χ0) is 13.7. The summed E-state index contributed by atoms with van der Waals surface area (Å²) in [6, 6.07) is 7.39. The van der Waals surface area contributed by atoms with E-state index in [1.807, 2.05) is 19.1 Å². The number of piperidine rings is 1. The van der Waals surface area contributed by atoms with Gasteiger partial charge in [-0.15, -0.1) is 0 Å². The van der Waals surface area contributed by atoms with Crippen molar-refractivity contribution in [3.8, 4) is 5.75 Å². The number of aromatic hydroxyl groups is 1. The highest BCUT2D eigenvalue weighted by molar-refractivity contribution is 5.67. The van der Waals surface area contributed by atoms with Crippen LogP contribution in [0.4, 0.5) is 10.5 Å². The Kier molecular flexibility index (Phi) is 4.49. The molecule has 2 N–H and O–H groups in total. The first kappa shape index (κ1) is 13.5. The van der Waals surface area contributed by atoms with Crippen LogP contribution in [0.1, 0.15) is 19.8 Å². The third-order valence-electron chi connectivity index (χ3n) is 3.26. The number of likely N-dealkylation sites (tertiary alicyclic amines) is 1. The molecule has 1 heterocycles. The number of anilines is 1. The molecular formula is C14H20N2O3. The fraction of sp³-hybridized carbons (Fsp3) is 0.500. The summed E-state index contributed by atoms with van der Waals surface area (Å²) in [5, 5.41) is 12.6. The molecule has 0 bridgehead atoms. The molecular weight excluding hydrogens is 244 g/mol. The molecule has 1 amide bonds. The second-order valence-electron chi connectivity index (χ2n) is 4.65. The van der Waals surface area contributed by atoms with Crippen LogP contribution in [0.5, 0.6) is 5.75 Å². The van der Waals surface area contributed by atoms with Crippen LogP contribution < -0.4 is 5.32 Å². The second kappa shape index (κ2) is 6.31. The predicted octanol–water partition coefficient (Wildman–Crippen LogP) is 2.43. The van der Waals surface area contributed by atoms with E-state index in [4.69, 9.17) is 4.74 Å². The molecule has 1 aliphatic heterocycles. The SMILES string of the molecule is CCOC(=O)N1CCC(Nc2ccc(O)cc2)CC1. The number of phenols is 1. The third-order valence-corrected chi connectivity index (χ3v) is 3.26. The molecule has 19 heavy (non-hydrogen) atoms. The maximum atomic E-state index is 11.6. The molecule has 0 aromatic heterocycles. The normalized spacial score (nSPS) is 16.2. The lowest BCUT2D eigenvalue weighted by molar-refractivity contribution is 0.0983. The van der Waals surface area contributed by atoms with E-state index in [1.165, 1.54) is 0 Å². The van der Waals surface area contributed by atoms with Crippen LogP contribution in [-0.2, 0) is 4.74 Å². The minimum Gasteiger partial charge on any atom is -0.508 e. The Morgan fingerprint density at radius 2 is 2.00 bits per heavy atom. The summed E-state index contributed by atoms with van der Waals surface area (Å²) in [7, 11) is 0. The first-order chi connectivity index (χ1) is 9.19. The summed E-state index contributed by atoms with van der Waals surface area (Å²) in [6.07, 6.45) is 1.59. The van der Waals surface area contributed by atoms with Crippen molar-refractivity contribution in [1.82, 2.24) is 4.90 Å². The van der Waals surface area contributed by atoms with Crippen LogP contribution in [0.25, 0.3) is 0 Å². The summed E-state index contributed by atoms with van der Waals surface area (Å²) in [6.45, 7) is 3.67. The molecule has 1 fully saturated rings. The van der Waals surface area contributed by atoms with Crippen molar-refractivity contribution in [1.29, 1.82) is 0 Å². The van der Waals surface area contributed by atoms with E-state index < -0.39 is 0 Å². The standard InChI is InChI=1S/C14H20N2O3/c1-2-19-14(18)16-9-7-12(8-10-16)15-11-3-5-13(17)6-4-11/h3-6,12,15,17H,2,7-10H2,1H3. The lowest BCUT2D eigenvalue weighted by atomic mass is 10.1. The van der Waals surface area contributed by atoms with Gasteiger partial charge in [-0.05, 0) is 44.0 Å². The van der Waals surface area contributed by atoms with Crippen LogP contribution in [0, 0.1) is 0 Å². The molecule has 0 aliphatic carbocycles. The van der Waals surface area contributed by atoms with E-state index in [-0.39, 0.29) is 11.8 Å². The Balaban J connectivity index is 1.80. The van der Waals surface area contributed by atoms with Gasteiger partial charge < -0.3 is 20.1 Å². The van der Waals surface area contributed by atoms with Crippen LogP contribution in [0.15, 0.2) is 24.3 Å². The maximum absolute atomic E-state index is 11.6.